The zero-order valence-corrected chi connectivity index (χ0v) is 21.7. The van der Waals surface area contributed by atoms with Crippen LogP contribution in [-0.2, 0) is 17.9 Å². The molecular formula is C27H29F2N7O3. The van der Waals surface area contributed by atoms with E-state index in [9.17, 15) is 23.6 Å². The molecule has 1 amide bonds. The number of aromatic nitrogens is 2. The number of likely N-dealkylation sites (tertiary alicyclic amines) is 1. The Hall–Kier alpha value is -4.37. The minimum atomic E-state index is -2.70. The number of nitrogen functional groups attached to an aromatic ring is 1. The standard InChI is InChI=1S/C27H29F2N7O3/c1-34(2)19-7-8-35(14-19)26(37)15-36-27(38)21-6-4-3-5-20(21)23(33-36)13-32-12-18-10-24(39-16-25(28)29)17(11-30)9-22(18)31/h3-6,9-10,12,19,25H,7-8,13-16,31H2,1-2H3/t19-/m0/s1. The van der Waals surface area contributed by atoms with Gasteiger partial charge in [-0.25, -0.2) is 13.5 Å². The Morgan fingerprint density at radius 1 is 1.33 bits per heavy atom. The molecule has 204 valence electrons. The first-order valence-electron chi connectivity index (χ1n) is 12.3. The summed E-state index contributed by atoms with van der Waals surface area (Å²) in [4.78, 5) is 34.3. The van der Waals surface area contributed by atoms with Crippen molar-refractivity contribution in [3.63, 3.8) is 0 Å². The predicted molar refractivity (Wildman–Crippen MR) is 143 cm³/mol. The third-order valence-electron chi connectivity index (χ3n) is 6.62. The quantitative estimate of drug-likeness (QED) is 0.327. The molecule has 0 bridgehead atoms. The van der Waals surface area contributed by atoms with E-state index in [0.29, 0.717) is 35.1 Å². The van der Waals surface area contributed by atoms with E-state index in [4.69, 9.17) is 10.5 Å². The summed E-state index contributed by atoms with van der Waals surface area (Å²) in [7, 11) is 3.95. The lowest BCUT2D eigenvalue weighted by molar-refractivity contribution is -0.131. The van der Waals surface area contributed by atoms with Gasteiger partial charge in [0.25, 0.3) is 12.0 Å². The van der Waals surface area contributed by atoms with E-state index in [1.165, 1.54) is 23.0 Å². The maximum atomic E-state index is 13.1. The van der Waals surface area contributed by atoms with Crippen LogP contribution in [0.5, 0.6) is 5.75 Å². The van der Waals surface area contributed by atoms with Crippen LogP contribution < -0.4 is 16.0 Å². The highest BCUT2D eigenvalue weighted by atomic mass is 19.3. The van der Waals surface area contributed by atoms with Gasteiger partial charge in [0.2, 0.25) is 5.91 Å². The molecule has 1 saturated heterocycles. The van der Waals surface area contributed by atoms with E-state index in [1.807, 2.05) is 20.2 Å². The molecule has 0 radical (unpaired) electrons. The van der Waals surface area contributed by atoms with E-state index in [-0.39, 0.29) is 47.6 Å². The summed E-state index contributed by atoms with van der Waals surface area (Å²) < 4.78 is 31.5. The number of alkyl halides is 2. The first kappa shape index (κ1) is 27.7. The predicted octanol–water partition coefficient (Wildman–Crippen LogP) is 2.28. The van der Waals surface area contributed by atoms with Gasteiger partial charge in [-0.1, -0.05) is 18.2 Å². The van der Waals surface area contributed by atoms with Crippen molar-refractivity contribution in [1.29, 1.82) is 5.26 Å². The van der Waals surface area contributed by atoms with Gasteiger partial charge in [0.05, 0.1) is 23.2 Å². The van der Waals surface area contributed by atoms with Crippen molar-refractivity contribution in [3.05, 3.63) is 63.6 Å². The average Bonchev–Trinajstić information content (AvgIpc) is 3.42. The van der Waals surface area contributed by atoms with Crippen LogP contribution in [0.3, 0.4) is 0 Å². The number of hydrogen-bond acceptors (Lipinski definition) is 8. The highest BCUT2D eigenvalue weighted by Gasteiger charge is 2.28. The number of amides is 1. The number of nitrogens with zero attached hydrogens (tertiary/aromatic N) is 6. The summed E-state index contributed by atoms with van der Waals surface area (Å²) in [5.74, 6) is -0.206. The summed E-state index contributed by atoms with van der Waals surface area (Å²) in [6.07, 6.45) is -0.409. The van der Waals surface area contributed by atoms with E-state index >= 15 is 0 Å². The van der Waals surface area contributed by atoms with Crippen molar-refractivity contribution < 1.29 is 18.3 Å². The van der Waals surface area contributed by atoms with Gasteiger partial charge in [0, 0.05) is 42.0 Å². The molecule has 1 fully saturated rings. The third kappa shape index (κ3) is 6.38. The lowest BCUT2D eigenvalue weighted by Crippen LogP contribution is -2.38. The lowest BCUT2D eigenvalue weighted by Gasteiger charge is -2.20. The van der Waals surface area contributed by atoms with Gasteiger partial charge < -0.3 is 20.3 Å². The minimum Gasteiger partial charge on any atom is -0.486 e. The molecule has 2 N–H and O–H groups in total. The molecule has 39 heavy (non-hydrogen) atoms. The molecule has 1 aliphatic heterocycles. The molecule has 0 spiro atoms. The van der Waals surface area contributed by atoms with Crippen LogP contribution in [-0.4, -0.2) is 78.0 Å². The number of rotatable bonds is 9. The van der Waals surface area contributed by atoms with Crippen LogP contribution in [0.25, 0.3) is 10.8 Å². The number of ether oxygens (including phenoxy) is 1. The largest absolute Gasteiger partial charge is 0.486 e. The van der Waals surface area contributed by atoms with Crippen LogP contribution in [0, 0.1) is 11.3 Å². The Kier molecular flexibility index (Phi) is 8.51. The minimum absolute atomic E-state index is 0.0255. The Balaban J connectivity index is 1.59. The molecule has 4 rings (SSSR count). The number of aliphatic imine (C=N–C) groups is 1. The molecule has 10 nitrogen and oxygen atoms in total. The number of anilines is 1. The van der Waals surface area contributed by atoms with Gasteiger partial charge in [-0.15, -0.1) is 0 Å². The van der Waals surface area contributed by atoms with E-state index in [0.717, 1.165) is 6.42 Å². The van der Waals surface area contributed by atoms with E-state index < -0.39 is 13.0 Å². The lowest BCUT2D eigenvalue weighted by atomic mass is 10.1. The number of carbonyl (C=O) groups is 1. The number of likely N-dealkylation sites (N-methyl/N-ethyl adjacent to an activating group) is 1. The SMILES string of the molecule is CN(C)[C@H]1CCN(C(=O)Cn2nc(CN=Cc3cc(OCC(F)F)c(C#N)cc3N)c3ccccc3c2=O)C1. The number of benzene rings is 2. The molecule has 1 aliphatic rings. The van der Waals surface area contributed by atoms with Crippen molar-refractivity contribution in [3.8, 4) is 11.8 Å². The van der Waals surface area contributed by atoms with Crippen molar-refractivity contribution in [2.45, 2.75) is 32.0 Å². The summed E-state index contributed by atoms with van der Waals surface area (Å²) in [5.41, 5.74) is 6.75. The van der Waals surface area contributed by atoms with Crippen molar-refractivity contribution in [2.75, 3.05) is 39.5 Å². The van der Waals surface area contributed by atoms with Crippen LogP contribution in [0.2, 0.25) is 0 Å². The second-order valence-corrected chi connectivity index (χ2v) is 9.46. The maximum Gasteiger partial charge on any atom is 0.275 e. The Labute approximate surface area is 223 Å². The molecule has 12 heteroatoms. The van der Waals surface area contributed by atoms with Gasteiger partial charge in [-0.2, -0.15) is 10.4 Å². The average molecular weight is 538 g/mol. The van der Waals surface area contributed by atoms with Crippen molar-refractivity contribution in [1.82, 2.24) is 19.6 Å². The zero-order valence-electron chi connectivity index (χ0n) is 21.7. The summed E-state index contributed by atoms with van der Waals surface area (Å²) in [6, 6.07) is 11.8. The Morgan fingerprint density at radius 3 is 2.74 bits per heavy atom. The summed E-state index contributed by atoms with van der Waals surface area (Å²) in [5, 5.41) is 14.8. The highest BCUT2D eigenvalue weighted by molar-refractivity contribution is 5.89. The molecule has 2 aromatic carbocycles. The molecule has 0 saturated carbocycles. The van der Waals surface area contributed by atoms with Gasteiger partial charge in [0.1, 0.15) is 25.0 Å². The first-order valence-corrected chi connectivity index (χ1v) is 12.3. The van der Waals surface area contributed by atoms with Gasteiger partial charge in [-0.3, -0.25) is 14.6 Å². The van der Waals surface area contributed by atoms with Gasteiger partial charge >= 0.3 is 0 Å². The summed E-state index contributed by atoms with van der Waals surface area (Å²) in [6.45, 7) is 0.219. The zero-order chi connectivity index (χ0) is 28.1. The van der Waals surface area contributed by atoms with Crippen LogP contribution in [0.4, 0.5) is 14.5 Å². The molecular weight excluding hydrogens is 508 g/mol. The third-order valence-corrected chi connectivity index (χ3v) is 6.62. The van der Waals surface area contributed by atoms with Crippen LogP contribution in [0.1, 0.15) is 23.2 Å². The Morgan fingerprint density at radius 2 is 2.08 bits per heavy atom. The molecule has 0 unspecified atom stereocenters. The monoisotopic (exact) mass is 537 g/mol. The fourth-order valence-corrected chi connectivity index (χ4v) is 4.46. The normalized spacial score (nSPS) is 15.5. The molecule has 1 atom stereocenters. The second-order valence-electron chi connectivity index (χ2n) is 9.46. The number of halogens is 2. The second kappa shape index (κ2) is 12.0. The topological polar surface area (TPSA) is 130 Å². The van der Waals surface area contributed by atoms with Gasteiger partial charge in [-0.05, 0) is 38.7 Å². The molecule has 2 heterocycles. The number of nitrogens with two attached hydrogens (primary N) is 1. The molecule has 0 aliphatic carbocycles. The fourth-order valence-electron chi connectivity index (χ4n) is 4.46. The number of nitriles is 1. The van der Waals surface area contributed by atoms with E-state index in [1.54, 1.807) is 29.2 Å². The van der Waals surface area contributed by atoms with Gasteiger partial charge in [0.15, 0.2) is 0 Å². The molecule has 1 aromatic heterocycles. The maximum absolute atomic E-state index is 13.1. The van der Waals surface area contributed by atoms with Crippen LogP contribution in [0.15, 0.2) is 46.2 Å². The summed E-state index contributed by atoms with van der Waals surface area (Å²) >= 11 is 0. The smallest absolute Gasteiger partial charge is 0.275 e. The Bertz CT molecular complexity index is 1500. The number of hydrogen-bond donors (Lipinski definition) is 1. The van der Waals surface area contributed by atoms with Crippen molar-refractivity contribution in [2.24, 2.45) is 4.99 Å². The number of carbonyl (C=O) groups excluding carboxylic acids is 1. The van der Waals surface area contributed by atoms with Crippen LogP contribution >= 0.6 is 0 Å². The molecule has 3 aromatic rings. The van der Waals surface area contributed by atoms with E-state index in [2.05, 4.69) is 15.0 Å². The fraction of sp³-hybridized carbons (Fsp3) is 0.370. The van der Waals surface area contributed by atoms with Crippen molar-refractivity contribution >= 4 is 28.6 Å². The first-order chi connectivity index (χ1) is 18.7. The number of fused-ring (bicyclic) bond motifs is 1. The highest BCUT2D eigenvalue weighted by Crippen LogP contribution is 2.25.